The van der Waals surface area contributed by atoms with Crippen LogP contribution in [0.1, 0.15) is 61.6 Å². The lowest BCUT2D eigenvalue weighted by atomic mass is 9.94. The van der Waals surface area contributed by atoms with E-state index in [0.717, 1.165) is 21.6 Å². The number of ether oxygens (including phenoxy) is 2. The van der Waals surface area contributed by atoms with Crippen molar-refractivity contribution in [1.29, 1.82) is 0 Å². The van der Waals surface area contributed by atoms with Crippen molar-refractivity contribution >= 4 is 46.0 Å². The summed E-state index contributed by atoms with van der Waals surface area (Å²) in [7, 11) is -4.01. The highest BCUT2D eigenvalue weighted by Crippen LogP contribution is 2.45. The van der Waals surface area contributed by atoms with Crippen molar-refractivity contribution in [3.8, 4) is 0 Å². The zero-order valence-corrected chi connectivity index (χ0v) is 29.0. The lowest BCUT2D eigenvalue weighted by molar-refractivity contribution is -0.155. The van der Waals surface area contributed by atoms with E-state index < -0.39 is 94.0 Å². The number of cyclic esters (lactones) is 1. The van der Waals surface area contributed by atoms with Gasteiger partial charge in [0.25, 0.3) is 5.91 Å². The molecule has 52 heavy (non-hydrogen) atoms. The van der Waals surface area contributed by atoms with E-state index in [2.05, 4.69) is 11.9 Å². The average Bonchev–Trinajstić information content (AvgIpc) is 4.01. The van der Waals surface area contributed by atoms with Crippen molar-refractivity contribution < 1.29 is 55.0 Å². The SMILES string of the molecule is C=C[C@@H]1C[C@]1(NC(=O)[C@@H]1C[C@@H]2CN1C(=O)[C@H](CC(F)(F)F)NC(=O)OCCCC=Cc1cccc3c1CN(CC3)C(=O)O2)C(=O)NS(=O)(=O)C1CC1. The third-order valence-corrected chi connectivity index (χ3v) is 11.8. The number of carbonyl (C=O) groups is 5. The molecule has 0 aromatic heterocycles. The number of fused-ring (bicyclic) bond motifs is 3. The summed E-state index contributed by atoms with van der Waals surface area (Å²) in [5, 5.41) is 3.76. The van der Waals surface area contributed by atoms with Crippen LogP contribution in [-0.4, -0.2) is 103 Å². The zero-order valence-electron chi connectivity index (χ0n) is 28.2. The molecule has 5 aliphatic rings. The summed E-state index contributed by atoms with van der Waals surface area (Å²) < 4.78 is 79.3. The van der Waals surface area contributed by atoms with Crippen molar-refractivity contribution in [1.82, 2.24) is 25.2 Å². The number of nitrogens with zero attached hydrogens (tertiary/aromatic N) is 2. The van der Waals surface area contributed by atoms with Crippen molar-refractivity contribution in [3.05, 3.63) is 53.6 Å². The molecule has 14 nitrogen and oxygen atoms in total. The molecule has 2 aliphatic carbocycles. The van der Waals surface area contributed by atoms with Crippen LogP contribution in [0.2, 0.25) is 0 Å². The van der Waals surface area contributed by atoms with Gasteiger partial charge in [0.1, 0.15) is 23.7 Å². The smallest absolute Gasteiger partial charge is 0.410 e. The van der Waals surface area contributed by atoms with Gasteiger partial charge in [-0.3, -0.25) is 19.1 Å². The Morgan fingerprint density at radius 1 is 1.17 bits per heavy atom. The predicted molar refractivity (Wildman–Crippen MR) is 177 cm³/mol. The summed E-state index contributed by atoms with van der Waals surface area (Å²) in [4.78, 5) is 69.5. The van der Waals surface area contributed by atoms with Crippen LogP contribution < -0.4 is 15.4 Å². The maximum absolute atomic E-state index is 14.0. The number of allylic oxidation sites excluding steroid dienone is 1. The molecule has 282 valence electrons. The quantitative estimate of drug-likeness (QED) is 0.353. The second kappa shape index (κ2) is 14.4. The number of amides is 5. The molecular formula is C34H40F3N5O9S. The van der Waals surface area contributed by atoms with Crippen LogP contribution >= 0.6 is 0 Å². The van der Waals surface area contributed by atoms with Crippen LogP contribution in [0.5, 0.6) is 0 Å². The van der Waals surface area contributed by atoms with E-state index in [1.165, 1.54) is 11.0 Å². The third-order valence-electron chi connectivity index (χ3n) is 10.0. The van der Waals surface area contributed by atoms with Crippen LogP contribution in [0.4, 0.5) is 22.8 Å². The average molecular weight is 752 g/mol. The minimum atomic E-state index is -4.93. The Kier molecular flexibility index (Phi) is 10.3. The molecule has 3 heterocycles. The van der Waals surface area contributed by atoms with Gasteiger partial charge >= 0.3 is 18.4 Å². The molecule has 1 saturated heterocycles. The number of hydrogen-bond acceptors (Lipinski definition) is 9. The van der Waals surface area contributed by atoms with Gasteiger partial charge in [0, 0.05) is 25.4 Å². The number of sulfonamides is 1. The van der Waals surface area contributed by atoms with E-state index >= 15 is 0 Å². The van der Waals surface area contributed by atoms with Gasteiger partial charge in [-0.1, -0.05) is 36.4 Å². The summed E-state index contributed by atoms with van der Waals surface area (Å²) in [6.07, 6.45) is -3.17. The third kappa shape index (κ3) is 8.21. The number of hydrogen-bond donors (Lipinski definition) is 3. The molecular weight excluding hydrogens is 711 g/mol. The Morgan fingerprint density at radius 3 is 2.63 bits per heavy atom. The Bertz CT molecular complexity index is 1780. The van der Waals surface area contributed by atoms with Gasteiger partial charge in [-0.2, -0.15) is 13.2 Å². The molecule has 1 aromatic carbocycles. The van der Waals surface area contributed by atoms with Gasteiger partial charge < -0.3 is 29.9 Å². The highest BCUT2D eigenvalue weighted by Gasteiger charge is 2.62. The molecule has 3 N–H and O–H groups in total. The fourth-order valence-electron chi connectivity index (χ4n) is 6.92. The van der Waals surface area contributed by atoms with E-state index in [9.17, 15) is 45.6 Å². The number of alkyl carbamates (subject to hydrolysis) is 1. The molecule has 18 heteroatoms. The molecule has 3 fully saturated rings. The Hall–Kier alpha value is -4.61. The van der Waals surface area contributed by atoms with E-state index in [1.54, 1.807) is 0 Å². The Morgan fingerprint density at radius 2 is 1.94 bits per heavy atom. The standard InChI is InChI=1S/C34H40F3N5O9S/c1-2-22-16-33(22,30(45)40-52(48,49)24-10-11-24)39-28(43)27-15-23-18-42(27)29(44)26(17-34(35,36)37)38-31(46)50-14-5-3-4-7-20-8-6-9-21-12-13-41(19-25(20)21)32(47)51-23/h2,4,6-9,22-24,26-27H,1,3,5,10-19H2,(H,38,46)(H,39,43)(H,40,45)/t22-,23-,26+,27+,33-/m1/s1. The predicted octanol–water partition coefficient (Wildman–Crippen LogP) is 2.67. The summed E-state index contributed by atoms with van der Waals surface area (Å²) >= 11 is 0. The first kappa shape index (κ1) is 37.2. The van der Waals surface area contributed by atoms with Gasteiger partial charge in [0.15, 0.2) is 0 Å². The molecule has 3 aliphatic heterocycles. The fourth-order valence-corrected chi connectivity index (χ4v) is 8.29. The first-order chi connectivity index (χ1) is 24.6. The number of carbonyl (C=O) groups excluding carboxylic acids is 5. The second-order valence-corrected chi connectivity index (χ2v) is 15.7. The molecule has 2 saturated carbocycles. The molecule has 5 atom stereocenters. The highest BCUT2D eigenvalue weighted by molar-refractivity contribution is 7.91. The largest absolute Gasteiger partial charge is 0.450 e. The van der Waals surface area contributed by atoms with Crippen LogP contribution in [0.3, 0.4) is 0 Å². The zero-order chi connectivity index (χ0) is 37.4. The molecule has 0 unspecified atom stereocenters. The Balaban J connectivity index is 1.28. The molecule has 5 amide bonds. The van der Waals surface area contributed by atoms with Gasteiger partial charge in [-0.25, -0.2) is 18.0 Å². The number of alkyl halides is 3. The number of halogens is 3. The maximum atomic E-state index is 14.0. The minimum absolute atomic E-state index is 0.0228. The van der Waals surface area contributed by atoms with E-state index in [0.29, 0.717) is 38.6 Å². The molecule has 0 spiro atoms. The molecule has 0 radical (unpaired) electrons. The van der Waals surface area contributed by atoms with Crippen LogP contribution in [0.15, 0.2) is 36.9 Å². The van der Waals surface area contributed by atoms with Crippen LogP contribution in [0, 0.1) is 5.92 Å². The Labute approximate surface area is 298 Å². The van der Waals surface area contributed by atoms with Crippen molar-refractivity contribution in [2.24, 2.45) is 5.92 Å². The number of rotatable bonds is 7. The first-order valence-electron chi connectivity index (χ1n) is 17.1. The summed E-state index contributed by atoms with van der Waals surface area (Å²) in [5.74, 6) is -3.98. The summed E-state index contributed by atoms with van der Waals surface area (Å²) in [5.41, 5.74) is 1.06. The highest BCUT2D eigenvalue weighted by atomic mass is 32.2. The van der Waals surface area contributed by atoms with Gasteiger partial charge in [0.05, 0.1) is 24.8 Å². The van der Waals surface area contributed by atoms with Crippen molar-refractivity contribution in [2.75, 3.05) is 19.7 Å². The van der Waals surface area contributed by atoms with E-state index in [1.807, 2.05) is 40.4 Å². The topological polar surface area (TPSA) is 181 Å². The van der Waals surface area contributed by atoms with Gasteiger partial charge in [0.2, 0.25) is 21.8 Å². The fraction of sp³-hybridized carbons (Fsp3) is 0.559. The molecule has 4 bridgehead atoms. The monoisotopic (exact) mass is 751 g/mol. The van der Waals surface area contributed by atoms with Gasteiger partial charge in [-0.05, 0) is 55.2 Å². The summed E-state index contributed by atoms with van der Waals surface area (Å²) in [6.45, 7) is 3.49. The molecule has 1 aromatic rings. The van der Waals surface area contributed by atoms with E-state index in [-0.39, 0.29) is 26.0 Å². The number of nitrogens with one attached hydrogen (secondary N) is 3. The second-order valence-electron chi connectivity index (χ2n) is 13.8. The first-order valence-corrected chi connectivity index (χ1v) is 18.7. The maximum Gasteiger partial charge on any atom is 0.410 e. The number of benzene rings is 1. The summed E-state index contributed by atoms with van der Waals surface area (Å²) in [6, 6.07) is 1.98. The molecule has 6 rings (SSSR count). The lowest BCUT2D eigenvalue weighted by Crippen LogP contribution is -2.58. The minimum Gasteiger partial charge on any atom is -0.450 e. The van der Waals surface area contributed by atoms with Crippen LogP contribution in [-0.2, 0) is 46.8 Å². The van der Waals surface area contributed by atoms with E-state index in [4.69, 9.17) is 9.47 Å². The van der Waals surface area contributed by atoms with Gasteiger partial charge in [-0.15, -0.1) is 6.58 Å². The lowest BCUT2D eigenvalue weighted by Gasteiger charge is -2.30. The normalized spacial score (nSPS) is 28.3. The van der Waals surface area contributed by atoms with Crippen molar-refractivity contribution in [3.63, 3.8) is 0 Å². The van der Waals surface area contributed by atoms with Crippen molar-refractivity contribution in [2.45, 2.75) is 93.1 Å². The van der Waals surface area contributed by atoms with Crippen LogP contribution in [0.25, 0.3) is 6.08 Å².